The number of carbonyl (C=O) groups excluding carboxylic acids is 1. The van der Waals surface area contributed by atoms with Crippen molar-refractivity contribution in [1.82, 2.24) is 14.9 Å². The lowest BCUT2D eigenvalue weighted by atomic mass is 10.1. The van der Waals surface area contributed by atoms with E-state index in [2.05, 4.69) is 34.4 Å². The molecule has 24 heavy (non-hydrogen) atoms. The second-order valence-corrected chi connectivity index (χ2v) is 5.88. The Morgan fingerprint density at radius 3 is 2.71 bits per heavy atom. The molecule has 0 unspecified atom stereocenters. The molecule has 1 amide bonds. The molecule has 1 aromatic carbocycles. The Balaban J connectivity index is 1.65. The summed E-state index contributed by atoms with van der Waals surface area (Å²) in [5.41, 5.74) is 1.44. The number of rotatable bonds is 6. The summed E-state index contributed by atoms with van der Waals surface area (Å²) in [7, 11) is 0. The largest absolute Gasteiger partial charge is 0.328 e. The summed E-state index contributed by atoms with van der Waals surface area (Å²) in [4.78, 5) is 23.1. The number of aromatic nitrogens is 2. The predicted octanol–water partition coefficient (Wildman–Crippen LogP) is 3.79. The van der Waals surface area contributed by atoms with E-state index in [9.17, 15) is 4.79 Å². The van der Waals surface area contributed by atoms with Crippen molar-refractivity contribution in [1.29, 1.82) is 0 Å². The highest BCUT2D eigenvalue weighted by Crippen LogP contribution is 2.19. The zero-order valence-electron chi connectivity index (χ0n) is 13.9. The van der Waals surface area contributed by atoms with Crippen molar-refractivity contribution in [3.05, 3.63) is 60.4 Å². The summed E-state index contributed by atoms with van der Waals surface area (Å²) in [6.07, 6.45) is 10.6. The molecule has 3 rings (SSSR count). The van der Waals surface area contributed by atoms with Crippen molar-refractivity contribution >= 4 is 17.5 Å². The van der Waals surface area contributed by atoms with E-state index in [4.69, 9.17) is 0 Å². The van der Waals surface area contributed by atoms with Crippen molar-refractivity contribution in [2.75, 3.05) is 11.9 Å². The van der Waals surface area contributed by atoms with Crippen LogP contribution < -0.4 is 5.32 Å². The number of para-hydroxylation sites is 1. The number of anilines is 2. The lowest BCUT2D eigenvalue weighted by molar-refractivity contribution is 0.0742. The molecule has 0 saturated heterocycles. The first kappa shape index (κ1) is 16.2. The van der Waals surface area contributed by atoms with Gasteiger partial charge >= 0.3 is 0 Å². The number of carbonyl (C=O) groups is 1. The maximum atomic E-state index is 12.7. The van der Waals surface area contributed by atoms with E-state index >= 15 is 0 Å². The predicted molar refractivity (Wildman–Crippen MR) is 95.2 cm³/mol. The molecule has 1 aliphatic rings. The number of nitrogens with zero attached hydrogens (tertiary/aromatic N) is 3. The fourth-order valence-corrected chi connectivity index (χ4v) is 2.79. The third-order valence-electron chi connectivity index (χ3n) is 4.10. The fraction of sp³-hybridized carbons (Fsp3) is 0.316. The van der Waals surface area contributed by atoms with Gasteiger partial charge in [-0.05, 0) is 18.6 Å². The van der Waals surface area contributed by atoms with Crippen LogP contribution in [-0.4, -0.2) is 33.4 Å². The molecule has 5 nitrogen and oxygen atoms in total. The molecule has 0 fully saturated rings. The van der Waals surface area contributed by atoms with E-state index in [-0.39, 0.29) is 11.9 Å². The molecule has 0 aliphatic carbocycles. The highest BCUT2D eigenvalue weighted by Gasteiger charge is 2.25. The van der Waals surface area contributed by atoms with Gasteiger partial charge in [-0.2, -0.15) is 0 Å². The molecule has 1 atom stereocenters. The van der Waals surface area contributed by atoms with Crippen molar-refractivity contribution in [3.63, 3.8) is 0 Å². The fourth-order valence-electron chi connectivity index (χ4n) is 2.79. The first-order valence-electron chi connectivity index (χ1n) is 8.39. The van der Waals surface area contributed by atoms with Crippen molar-refractivity contribution in [2.24, 2.45) is 0 Å². The van der Waals surface area contributed by atoms with Crippen molar-refractivity contribution < 1.29 is 4.79 Å². The van der Waals surface area contributed by atoms with Gasteiger partial charge in [0.2, 0.25) is 5.95 Å². The lowest BCUT2D eigenvalue weighted by Crippen LogP contribution is -2.36. The lowest BCUT2D eigenvalue weighted by Gasteiger charge is -2.24. The van der Waals surface area contributed by atoms with Gasteiger partial charge in [-0.1, -0.05) is 50.1 Å². The van der Waals surface area contributed by atoms with Gasteiger partial charge in [-0.3, -0.25) is 4.79 Å². The summed E-state index contributed by atoms with van der Waals surface area (Å²) in [5.74, 6) is 0.479. The van der Waals surface area contributed by atoms with Gasteiger partial charge in [0.15, 0.2) is 0 Å². The summed E-state index contributed by atoms with van der Waals surface area (Å²) in [6, 6.07) is 9.91. The van der Waals surface area contributed by atoms with Crippen LogP contribution in [0, 0.1) is 0 Å². The molecule has 0 spiro atoms. The van der Waals surface area contributed by atoms with E-state index in [0.29, 0.717) is 18.1 Å². The van der Waals surface area contributed by atoms with Crippen molar-refractivity contribution in [3.8, 4) is 0 Å². The average Bonchev–Trinajstić information content (AvgIpc) is 3.09. The number of unbranched alkanes of at least 4 members (excludes halogenated alkanes) is 1. The summed E-state index contributed by atoms with van der Waals surface area (Å²) in [6.45, 7) is 2.83. The molecule has 0 saturated carbocycles. The van der Waals surface area contributed by atoms with Gasteiger partial charge in [0.1, 0.15) is 0 Å². The van der Waals surface area contributed by atoms with Gasteiger partial charge in [0, 0.05) is 24.6 Å². The minimum atomic E-state index is -0.00707. The molecule has 1 aromatic heterocycles. The summed E-state index contributed by atoms with van der Waals surface area (Å²) in [5, 5.41) is 3.12. The SMILES string of the molecule is CCCC[C@@H]1C=CCN1C(=O)c1cnc(Nc2ccccc2)nc1. The number of hydrogen-bond donors (Lipinski definition) is 1. The monoisotopic (exact) mass is 322 g/mol. The molecule has 124 valence electrons. The van der Waals surface area contributed by atoms with E-state index in [1.807, 2.05) is 35.2 Å². The Kier molecular flexibility index (Phi) is 5.21. The molecule has 0 bridgehead atoms. The van der Waals surface area contributed by atoms with Crippen LogP contribution >= 0.6 is 0 Å². The van der Waals surface area contributed by atoms with Crippen LogP contribution in [0.15, 0.2) is 54.9 Å². The summed E-state index contributed by atoms with van der Waals surface area (Å²) >= 11 is 0. The average molecular weight is 322 g/mol. The zero-order chi connectivity index (χ0) is 16.8. The van der Waals surface area contributed by atoms with Crippen LogP contribution in [0.1, 0.15) is 36.5 Å². The minimum absolute atomic E-state index is 0.00707. The normalized spacial score (nSPS) is 16.4. The van der Waals surface area contributed by atoms with E-state index in [1.165, 1.54) is 0 Å². The third kappa shape index (κ3) is 3.79. The Morgan fingerprint density at radius 1 is 1.25 bits per heavy atom. The van der Waals surface area contributed by atoms with Crippen molar-refractivity contribution in [2.45, 2.75) is 32.2 Å². The first-order valence-corrected chi connectivity index (χ1v) is 8.39. The zero-order valence-corrected chi connectivity index (χ0v) is 13.9. The number of benzene rings is 1. The maximum Gasteiger partial charge on any atom is 0.257 e. The van der Waals surface area contributed by atoms with Gasteiger partial charge in [-0.15, -0.1) is 0 Å². The van der Waals surface area contributed by atoms with Gasteiger partial charge in [0.05, 0.1) is 11.6 Å². The van der Waals surface area contributed by atoms with Crippen LogP contribution in [0.4, 0.5) is 11.6 Å². The van der Waals surface area contributed by atoms with Gasteiger partial charge < -0.3 is 10.2 Å². The van der Waals surface area contributed by atoms with Crippen LogP contribution in [-0.2, 0) is 0 Å². The number of amides is 1. The third-order valence-corrected chi connectivity index (χ3v) is 4.10. The Morgan fingerprint density at radius 2 is 2.00 bits per heavy atom. The maximum absolute atomic E-state index is 12.7. The summed E-state index contributed by atoms with van der Waals surface area (Å²) < 4.78 is 0. The number of nitrogens with one attached hydrogen (secondary N) is 1. The highest BCUT2D eigenvalue weighted by atomic mass is 16.2. The highest BCUT2D eigenvalue weighted by molar-refractivity contribution is 5.94. The Labute approximate surface area is 142 Å². The molecule has 1 aliphatic heterocycles. The molecule has 0 radical (unpaired) electrons. The van der Waals surface area contributed by atoms with Gasteiger partial charge in [0.25, 0.3) is 5.91 Å². The van der Waals surface area contributed by atoms with Gasteiger partial charge in [-0.25, -0.2) is 9.97 Å². The van der Waals surface area contributed by atoms with E-state index in [1.54, 1.807) is 12.4 Å². The minimum Gasteiger partial charge on any atom is -0.328 e. The molecule has 1 N–H and O–H groups in total. The van der Waals surface area contributed by atoms with E-state index < -0.39 is 0 Å². The molecular weight excluding hydrogens is 300 g/mol. The van der Waals surface area contributed by atoms with Crippen LogP contribution in [0.25, 0.3) is 0 Å². The Bertz CT molecular complexity index is 697. The molecule has 5 heteroatoms. The smallest absolute Gasteiger partial charge is 0.257 e. The topological polar surface area (TPSA) is 58.1 Å². The molecule has 2 heterocycles. The molecular formula is C19H22N4O. The second-order valence-electron chi connectivity index (χ2n) is 5.88. The molecule has 2 aromatic rings. The number of hydrogen-bond acceptors (Lipinski definition) is 4. The standard InChI is InChI=1S/C19H22N4O/c1-2-3-10-17-11-7-12-23(17)18(24)15-13-20-19(21-14-15)22-16-8-5-4-6-9-16/h4-9,11,13-14,17H,2-3,10,12H2,1H3,(H,20,21,22)/t17-/m1/s1. The Hall–Kier alpha value is -2.69. The first-order chi connectivity index (χ1) is 11.8. The van der Waals surface area contributed by atoms with Crippen LogP contribution in [0.2, 0.25) is 0 Å². The van der Waals surface area contributed by atoms with Crippen LogP contribution in [0.5, 0.6) is 0 Å². The van der Waals surface area contributed by atoms with E-state index in [0.717, 1.165) is 24.9 Å². The second kappa shape index (κ2) is 7.73. The quantitative estimate of drug-likeness (QED) is 0.822. The van der Waals surface area contributed by atoms with Crippen LogP contribution in [0.3, 0.4) is 0 Å².